The smallest absolute Gasteiger partial charge is 0.0390 e. The summed E-state index contributed by atoms with van der Waals surface area (Å²) >= 11 is 3.52. The Morgan fingerprint density at radius 1 is 1.21 bits per heavy atom. The zero-order valence-electron chi connectivity index (χ0n) is 8.15. The fourth-order valence-corrected chi connectivity index (χ4v) is 3.34. The Labute approximate surface area is 93.0 Å². The predicted molar refractivity (Wildman–Crippen MR) is 62.8 cm³/mol. The molecule has 0 bridgehead atoms. The van der Waals surface area contributed by atoms with Crippen molar-refractivity contribution >= 4 is 21.6 Å². The summed E-state index contributed by atoms with van der Waals surface area (Å²) in [6, 6.07) is 6.68. The fourth-order valence-electron chi connectivity index (χ4n) is 2.98. The first-order chi connectivity index (χ1) is 6.80. The van der Waals surface area contributed by atoms with Gasteiger partial charge in [0.2, 0.25) is 0 Å². The van der Waals surface area contributed by atoms with Crippen molar-refractivity contribution in [2.24, 2.45) is 0 Å². The molecule has 1 aromatic carbocycles. The molecule has 2 heteroatoms. The van der Waals surface area contributed by atoms with E-state index in [4.69, 9.17) is 0 Å². The van der Waals surface area contributed by atoms with Crippen molar-refractivity contribution in [3.8, 4) is 0 Å². The van der Waals surface area contributed by atoms with Crippen molar-refractivity contribution in [1.82, 2.24) is 0 Å². The summed E-state index contributed by atoms with van der Waals surface area (Å²) in [5.74, 6) is 0. The molecule has 2 aliphatic rings. The topological polar surface area (TPSA) is 12.0 Å². The van der Waals surface area contributed by atoms with Crippen molar-refractivity contribution in [1.29, 1.82) is 0 Å². The van der Waals surface area contributed by atoms with Crippen LogP contribution in [0.25, 0.3) is 0 Å². The number of nitrogens with one attached hydrogen (secondary N) is 1. The first-order valence-electron chi connectivity index (χ1n) is 5.34. The summed E-state index contributed by atoms with van der Waals surface area (Å²) in [6.45, 7) is 1.15. The van der Waals surface area contributed by atoms with E-state index < -0.39 is 0 Å². The van der Waals surface area contributed by atoms with Gasteiger partial charge in [-0.1, -0.05) is 34.8 Å². The first kappa shape index (κ1) is 8.78. The molecule has 0 radical (unpaired) electrons. The summed E-state index contributed by atoms with van der Waals surface area (Å²) in [7, 11) is 0. The SMILES string of the molecule is Brc1ccc2c(c1)NCC21CCCC1. The van der Waals surface area contributed by atoms with Crippen LogP contribution in [0.4, 0.5) is 5.69 Å². The molecule has 0 saturated heterocycles. The molecular formula is C12H14BrN. The van der Waals surface area contributed by atoms with E-state index in [-0.39, 0.29) is 0 Å². The molecule has 1 heterocycles. The van der Waals surface area contributed by atoms with Gasteiger partial charge in [-0.2, -0.15) is 0 Å². The zero-order chi connectivity index (χ0) is 9.60. The number of anilines is 1. The van der Waals surface area contributed by atoms with E-state index in [1.54, 1.807) is 5.56 Å². The third kappa shape index (κ3) is 1.13. The second-order valence-electron chi connectivity index (χ2n) is 4.53. The minimum atomic E-state index is 0.482. The third-order valence-corrected chi connectivity index (χ3v) is 4.22. The lowest BCUT2D eigenvalue weighted by molar-refractivity contribution is 0.489. The normalized spacial score (nSPS) is 22.4. The molecule has 1 aromatic rings. The third-order valence-electron chi connectivity index (χ3n) is 3.73. The van der Waals surface area contributed by atoms with Crippen LogP contribution in [0.5, 0.6) is 0 Å². The molecule has 1 fully saturated rings. The van der Waals surface area contributed by atoms with Crippen LogP contribution < -0.4 is 5.32 Å². The molecule has 1 saturated carbocycles. The maximum Gasteiger partial charge on any atom is 0.0390 e. The fraction of sp³-hybridized carbons (Fsp3) is 0.500. The summed E-state index contributed by atoms with van der Waals surface area (Å²) < 4.78 is 1.18. The summed E-state index contributed by atoms with van der Waals surface area (Å²) in [5, 5.41) is 3.54. The van der Waals surface area contributed by atoms with Crippen molar-refractivity contribution in [3.05, 3.63) is 28.2 Å². The molecule has 3 rings (SSSR count). The van der Waals surface area contributed by atoms with E-state index in [2.05, 4.69) is 39.4 Å². The van der Waals surface area contributed by atoms with E-state index in [9.17, 15) is 0 Å². The second-order valence-corrected chi connectivity index (χ2v) is 5.45. The molecule has 1 spiro atoms. The van der Waals surface area contributed by atoms with Gasteiger partial charge in [0.05, 0.1) is 0 Å². The molecule has 14 heavy (non-hydrogen) atoms. The number of hydrogen-bond donors (Lipinski definition) is 1. The van der Waals surface area contributed by atoms with E-state index in [1.807, 2.05) is 0 Å². The predicted octanol–water partition coefficient (Wildman–Crippen LogP) is 3.69. The summed E-state index contributed by atoms with van der Waals surface area (Å²) in [5.41, 5.74) is 3.38. The van der Waals surface area contributed by atoms with Crippen molar-refractivity contribution in [3.63, 3.8) is 0 Å². The Morgan fingerprint density at radius 3 is 2.79 bits per heavy atom. The highest BCUT2D eigenvalue weighted by molar-refractivity contribution is 9.10. The molecule has 1 nitrogen and oxygen atoms in total. The quantitative estimate of drug-likeness (QED) is 0.742. The maximum atomic E-state index is 3.54. The first-order valence-corrected chi connectivity index (χ1v) is 6.13. The number of benzene rings is 1. The standard InChI is InChI=1S/C12H14BrN/c13-9-3-4-10-11(7-9)14-8-12(10)5-1-2-6-12/h3-4,7,14H,1-2,5-6,8H2. The zero-order valence-corrected chi connectivity index (χ0v) is 9.73. The van der Waals surface area contributed by atoms with Gasteiger partial charge in [0, 0.05) is 22.1 Å². The Balaban J connectivity index is 2.09. The number of rotatable bonds is 0. The Bertz CT molecular complexity index is 367. The van der Waals surface area contributed by atoms with E-state index in [0.717, 1.165) is 6.54 Å². The second kappa shape index (κ2) is 2.99. The van der Waals surface area contributed by atoms with Gasteiger partial charge >= 0.3 is 0 Å². The lowest BCUT2D eigenvalue weighted by Gasteiger charge is -2.22. The maximum absolute atomic E-state index is 3.54. The highest BCUT2D eigenvalue weighted by Crippen LogP contribution is 2.48. The lowest BCUT2D eigenvalue weighted by atomic mass is 9.81. The average molecular weight is 252 g/mol. The van der Waals surface area contributed by atoms with Gasteiger partial charge in [-0.3, -0.25) is 0 Å². The van der Waals surface area contributed by atoms with Crippen LogP contribution in [0.1, 0.15) is 31.2 Å². The molecular weight excluding hydrogens is 238 g/mol. The van der Waals surface area contributed by atoms with Crippen molar-refractivity contribution < 1.29 is 0 Å². The van der Waals surface area contributed by atoms with Gasteiger partial charge < -0.3 is 5.32 Å². The average Bonchev–Trinajstić information content (AvgIpc) is 2.77. The molecule has 1 N–H and O–H groups in total. The largest absolute Gasteiger partial charge is 0.384 e. The van der Waals surface area contributed by atoms with Crippen LogP contribution in [0.3, 0.4) is 0 Å². The van der Waals surface area contributed by atoms with Crippen LogP contribution in [0.2, 0.25) is 0 Å². The van der Waals surface area contributed by atoms with Gasteiger partial charge in [-0.25, -0.2) is 0 Å². The number of hydrogen-bond acceptors (Lipinski definition) is 1. The molecule has 1 aliphatic carbocycles. The van der Waals surface area contributed by atoms with E-state index in [1.165, 1.54) is 35.8 Å². The van der Waals surface area contributed by atoms with Crippen molar-refractivity contribution in [2.75, 3.05) is 11.9 Å². The molecule has 0 amide bonds. The van der Waals surface area contributed by atoms with Crippen molar-refractivity contribution in [2.45, 2.75) is 31.1 Å². The van der Waals surface area contributed by atoms with Gasteiger partial charge in [0.25, 0.3) is 0 Å². The van der Waals surface area contributed by atoms with E-state index in [0.29, 0.717) is 5.41 Å². The number of halogens is 1. The van der Waals surface area contributed by atoms with Gasteiger partial charge in [0.1, 0.15) is 0 Å². The van der Waals surface area contributed by atoms with E-state index >= 15 is 0 Å². The molecule has 0 aromatic heterocycles. The minimum absolute atomic E-state index is 0.482. The Hall–Kier alpha value is -0.500. The van der Waals surface area contributed by atoms with Crippen LogP contribution in [-0.4, -0.2) is 6.54 Å². The van der Waals surface area contributed by atoms with Crippen LogP contribution in [-0.2, 0) is 5.41 Å². The lowest BCUT2D eigenvalue weighted by Crippen LogP contribution is -2.23. The summed E-state index contributed by atoms with van der Waals surface area (Å²) in [4.78, 5) is 0. The molecule has 0 atom stereocenters. The highest BCUT2D eigenvalue weighted by Gasteiger charge is 2.40. The molecule has 74 valence electrons. The van der Waals surface area contributed by atoms with Gasteiger partial charge in [-0.15, -0.1) is 0 Å². The van der Waals surface area contributed by atoms with Crippen LogP contribution >= 0.6 is 15.9 Å². The Kier molecular flexibility index (Phi) is 1.88. The van der Waals surface area contributed by atoms with Gasteiger partial charge in [-0.05, 0) is 30.5 Å². The van der Waals surface area contributed by atoms with Gasteiger partial charge in [0.15, 0.2) is 0 Å². The molecule has 0 unspecified atom stereocenters. The summed E-state index contributed by atoms with van der Waals surface area (Å²) in [6.07, 6.45) is 5.54. The Morgan fingerprint density at radius 2 is 2.00 bits per heavy atom. The highest BCUT2D eigenvalue weighted by atomic mass is 79.9. The molecule has 1 aliphatic heterocycles. The van der Waals surface area contributed by atoms with Crippen LogP contribution in [0.15, 0.2) is 22.7 Å². The number of fused-ring (bicyclic) bond motifs is 2. The van der Waals surface area contributed by atoms with Crippen LogP contribution in [0, 0.1) is 0 Å². The minimum Gasteiger partial charge on any atom is -0.384 e. The monoisotopic (exact) mass is 251 g/mol.